The molecule has 1 heterocycles. The average molecular weight is 258 g/mol. The highest BCUT2D eigenvalue weighted by molar-refractivity contribution is 5.45. The Morgan fingerprint density at radius 3 is 2.53 bits per heavy atom. The number of hydrogen-bond acceptors (Lipinski definition) is 4. The van der Waals surface area contributed by atoms with Crippen molar-refractivity contribution in [2.24, 2.45) is 0 Å². The summed E-state index contributed by atoms with van der Waals surface area (Å²) in [4.78, 5) is 0. The van der Waals surface area contributed by atoms with Crippen molar-refractivity contribution in [1.82, 2.24) is 15.0 Å². The fourth-order valence-corrected chi connectivity index (χ4v) is 2.17. The van der Waals surface area contributed by atoms with Gasteiger partial charge in [0.05, 0.1) is 17.5 Å². The number of hydrogen-bond donors (Lipinski definition) is 1. The fourth-order valence-electron chi connectivity index (χ4n) is 2.17. The Hall–Kier alpha value is -2.04. The topological polar surface area (TPSA) is 66.0 Å². The lowest BCUT2D eigenvalue weighted by Crippen LogP contribution is -2.06. The van der Waals surface area contributed by atoms with Gasteiger partial charge in [-0.1, -0.05) is 5.21 Å². The summed E-state index contributed by atoms with van der Waals surface area (Å²) in [6, 6.07) is 7.86. The molecule has 5 nitrogen and oxygen atoms in total. The molecule has 1 aromatic heterocycles. The van der Waals surface area contributed by atoms with Crippen LogP contribution < -0.4 is 10.5 Å². The molecular formula is C14H18N4O. The molecule has 0 unspecified atom stereocenters. The van der Waals surface area contributed by atoms with E-state index in [0.717, 1.165) is 17.1 Å². The Labute approximate surface area is 112 Å². The fraction of sp³-hybridized carbons (Fsp3) is 0.429. The van der Waals surface area contributed by atoms with E-state index < -0.39 is 0 Å². The molecule has 3 rings (SSSR count). The van der Waals surface area contributed by atoms with Gasteiger partial charge in [0.15, 0.2) is 5.82 Å². The molecule has 1 aliphatic carbocycles. The summed E-state index contributed by atoms with van der Waals surface area (Å²) in [5.41, 5.74) is 7.91. The third-order valence-electron chi connectivity index (χ3n) is 3.15. The van der Waals surface area contributed by atoms with Gasteiger partial charge in [-0.05, 0) is 51.0 Å². The molecule has 100 valence electrons. The Balaban J connectivity index is 1.90. The summed E-state index contributed by atoms with van der Waals surface area (Å²) < 4.78 is 7.47. The highest BCUT2D eigenvalue weighted by atomic mass is 16.5. The van der Waals surface area contributed by atoms with Crippen LogP contribution in [0, 0.1) is 0 Å². The molecule has 0 atom stereocenters. The predicted molar refractivity (Wildman–Crippen MR) is 73.5 cm³/mol. The standard InChI is InChI=1S/C14H18N4O/c1-9(2)19-12-7-5-11(6-8-12)18-13(10-3-4-10)14(15)16-17-18/h5-10H,3-4,15H2,1-2H3. The van der Waals surface area contributed by atoms with Crippen LogP contribution >= 0.6 is 0 Å². The third kappa shape index (κ3) is 2.41. The second-order valence-electron chi connectivity index (χ2n) is 5.21. The van der Waals surface area contributed by atoms with E-state index >= 15 is 0 Å². The van der Waals surface area contributed by atoms with Gasteiger partial charge in [0, 0.05) is 5.92 Å². The number of nitrogens with zero attached hydrogens (tertiary/aromatic N) is 3. The molecule has 0 amide bonds. The molecule has 2 N–H and O–H groups in total. The molecule has 0 radical (unpaired) electrons. The lowest BCUT2D eigenvalue weighted by atomic mass is 10.2. The third-order valence-corrected chi connectivity index (χ3v) is 3.15. The minimum absolute atomic E-state index is 0.176. The zero-order valence-electron chi connectivity index (χ0n) is 11.2. The van der Waals surface area contributed by atoms with Crippen LogP contribution in [0.2, 0.25) is 0 Å². The second kappa shape index (κ2) is 4.57. The lowest BCUT2D eigenvalue weighted by molar-refractivity contribution is 0.242. The van der Waals surface area contributed by atoms with E-state index in [4.69, 9.17) is 10.5 Å². The highest BCUT2D eigenvalue weighted by Crippen LogP contribution is 2.42. The van der Waals surface area contributed by atoms with Crippen LogP contribution in [0.3, 0.4) is 0 Å². The molecule has 19 heavy (non-hydrogen) atoms. The first-order chi connectivity index (χ1) is 9.15. The first-order valence-electron chi connectivity index (χ1n) is 6.63. The first kappa shape index (κ1) is 12.0. The van der Waals surface area contributed by atoms with Crippen molar-refractivity contribution < 1.29 is 4.74 Å². The first-order valence-corrected chi connectivity index (χ1v) is 6.63. The summed E-state index contributed by atoms with van der Waals surface area (Å²) in [6.07, 6.45) is 2.52. The maximum atomic E-state index is 5.90. The Kier molecular flexibility index (Phi) is 2.89. The van der Waals surface area contributed by atoms with Crippen LogP contribution in [0.25, 0.3) is 5.69 Å². The summed E-state index contributed by atoms with van der Waals surface area (Å²) in [5.74, 6) is 1.92. The van der Waals surface area contributed by atoms with Gasteiger partial charge in [-0.15, -0.1) is 5.10 Å². The lowest BCUT2D eigenvalue weighted by Gasteiger charge is -2.11. The molecule has 1 fully saturated rings. The minimum Gasteiger partial charge on any atom is -0.491 e. The van der Waals surface area contributed by atoms with Crippen LogP contribution in [0.5, 0.6) is 5.75 Å². The van der Waals surface area contributed by atoms with Crippen LogP contribution in [-0.2, 0) is 0 Å². The smallest absolute Gasteiger partial charge is 0.169 e. The van der Waals surface area contributed by atoms with Crippen LogP contribution in [-0.4, -0.2) is 21.1 Å². The highest BCUT2D eigenvalue weighted by Gasteiger charge is 2.31. The SMILES string of the molecule is CC(C)Oc1ccc(-n2nnc(N)c2C2CC2)cc1. The number of anilines is 1. The van der Waals surface area contributed by atoms with Crippen LogP contribution in [0.15, 0.2) is 24.3 Å². The molecule has 0 aliphatic heterocycles. The normalized spacial score (nSPS) is 14.9. The van der Waals surface area contributed by atoms with Gasteiger partial charge in [-0.25, -0.2) is 4.68 Å². The average Bonchev–Trinajstić information content (AvgIpc) is 3.13. The molecule has 0 bridgehead atoms. The van der Waals surface area contributed by atoms with Crippen LogP contribution in [0.1, 0.15) is 38.3 Å². The van der Waals surface area contributed by atoms with E-state index in [-0.39, 0.29) is 6.10 Å². The van der Waals surface area contributed by atoms with Crippen molar-refractivity contribution in [1.29, 1.82) is 0 Å². The zero-order valence-corrected chi connectivity index (χ0v) is 11.2. The van der Waals surface area contributed by atoms with Gasteiger partial charge >= 0.3 is 0 Å². The molecule has 1 aromatic carbocycles. The summed E-state index contributed by atoms with van der Waals surface area (Å²) >= 11 is 0. The van der Waals surface area contributed by atoms with Crippen molar-refractivity contribution in [3.8, 4) is 11.4 Å². The molecule has 1 aliphatic rings. The largest absolute Gasteiger partial charge is 0.491 e. The van der Waals surface area contributed by atoms with Gasteiger partial charge in [0.25, 0.3) is 0 Å². The molecule has 0 saturated heterocycles. The van der Waals surface area contributed by atoms with E-state index in [1.807, 2.05) is 42.8 Å². The van der Waals surface area contributed by atoms with E-state index in [0.29, 0.717) is 11.7 Å². The molecular weight excluding hydrogens is 240 g/mol. The second-order valence-corrected chi connectivity index (χ2v) is 5.21. The van der Waals surface area contributed by atoms with Crippen LogP contribution in [0.4, 0.5) is 5.82 Å². The van der Waals surface area contributed by atoms with Crippen molar-refractivity contribution in [2.45, 2.75) is 38.7 Å². The molecule has 1 saturated carbocycles. The summed E-state index contributed by atoms with van der Waals surface area (Å²) in [7, 11) is 0. The summed E-state index contributed by atoms with van der Waals surface area (Å²) in [6.45, 7) is 4.02. The quantitative estimate of drug-likeness (QED) is 0.915. The van der Waals surface area contributed by atoms with Gasteiger partial charge in [-0.3, -0.25) is 0 Å². The Morgan fingerprint density at radius 2 is 1.95 bits per heavy atom. The van der Waals surface area contributed by atoms with E-state index in [1.165, 1.54) is 12.8 Å². The number of nitrogen functional groups attached to an aromatic ring is 1. The van der Waals surface area contributed by atoms with E-state index in [9.17, 15) is 0 Å². The van der Waals surface area contributed by atoms with Gasteiger partial charge < -0.3 is 10.5 Å². The number of ether oxygens (including phenoxy) is 1. The number of rotatable bonds is 4. The van der Waals surface area contributed by atoms with Gasteiger partial charge in [0.1, 0.15) is 5.75 Å². The van der Waals surface area contributed by atoms with Crippen molar-refractivity contribution in [3.63, 3.8) is 0 Å². The van der Waals surface area contributed by atoms with E-state index in [1.54, 1.807) is 0 Å². The number of nitrogens with two attached hydrogens (primary N) is 1. The van der Waals surface area contributed by atoms with Gasteiger partial charge in [0.2, 0.25) is 0 Å². The number of aromatic nitrogens is 3. The van der Waals surface area contributed by atoms with Crippen molar-refractivity contribution in [3.05, 3.63) is 30.0 Å². The maximum absolute atomic E-state index is 5.90. The minimum atomic E-state index is 0.176. The molecule has 5 heteroatoms. The van der Waals surface area contributed by atoms with E-state index in [2.05, 4.69) is 10.3 Å². The Morgan fingerprint density at radius 1 is 1.26 bits per heavy atom. The number of benzene rings is 1. The Bertz CT molecular complexity index is 570. The predicted octanol–water partition coefficient (Wildman–Crippen LogP) is 2.51. The monoisotopic (exact) mass is 258 g/mol. The zero-order chi connectivity index (χ0) is 13.4. The molecule has 2 aromatic rings. The van der Waals surface area contributed by atoms with Gasteiger partial charge in [-0.2, -0.15) is 0 Å². The summed E-state index contributed by atoms with van der Waals surface area (Å²) in [5, 5.41) is 8.12. The maximum Gasteiger partial charge on any atom is 0.169 e. The van der Waals surface area contributed by atoms with Crippen molar-refractivity contribution in [2.75, 3.05) is 5.73 Å². The van der Waals surface area contributed by atoms with Crippen molar-refractivity contribution >= 4 is 5.82 Å². The molecule has 0 spiro atoms.